The number of methoxy groups -OCH3 is 1. The fourth-order valence-electron chi connectivity index (χ4n) is 1.34. The fraction of sp³-hybridized carbons (Fsp3) is 0.222. The van der Waals surface area contributed by atoms with Crippen molar-refractivity contribution in [3.8, 4) is 0 Å². The minimum absolute atomic E-state index is 0.398. The van der Waals surface area contributed by atoms with E-state index >= 15 is 0 Å². The number of benzene rings is 1. The van der Waals surface area contributed by atoms with E-state index in [1.807, 2.05) is 0 Å². The van der Waals surface area contributed by atoms with E-state index < -0.39 is 17.0 Å². The number of esters is 1. The van der Waals surface area contributed by atoms with Crippen molar-refractivity contribution in [1.29, 1.82) is 0 Å². The van der Waals surface area contributed by atoms with Crippen LogP contribution in [0.25, 0.3) is 0 Å². The highest BCUT2D eigenvalue weighted by atomic mass is 32.2. The molecule has 0 saturated carbocycles. The lowest BCUT2D eigenvalue weighted by molar-refractivity contribution is 0.0600. The molecule has 5 nitrogen and oxygen atoms in total. The standard InChI is InChI=1S/C9H10N2O3S/c1-14-9(12)6-2-3-7-8(4-6)15(13)11-5-10-7/h2-4,10-11H,5H2,1H3. The Morgan fingerprint density at radius 3 is 3.07 bits per heavy atom. The van der Waals surface area contributed by atoms with Crippen LogP contribution >= 0.6 is 0 Å². The van der Waals surface area contributed by atoms with Crippen LogP contribution in [0.3, 0.4) is 0 Å². The highest BCUT2D eigenvalue weighted by Gasteiger charge is 2.17. The van der Waals surface area contributed by atoms with Gasteiger partial charge in [0.05, 0.1) is 29.9 Å². The lowest BCUT2D eigenvalue weighted by Gasteiger charge is -2.18. The highest BCUT2D eigenvalue weighted by Crippen LogP contribution is 2.23. The number of rotatable bonds is 1. The van der Waals surface area contributed by atoms with Crippen LogP contribution in [0.15, 0.2) is 23.1 Å². The molecule has 0 spiro atoms. The van der Waals surface area contributed by atoms with Crippen molar-refractivity contribution >= 4 is 22.6 Å². The summed E-state index contributed by atoms with van der Waals surface area (Å²) in [5, 5.41) is 3.02. The monoisotopic (exact) mass is 226 g/mol. The molecule has 1 unspecified atom stereocenters. The molecule has 1 atom stereocenters. The molecule has 1 heterocycles. The zero-order valence-corrected chi connectivity index (χ0v) is 8.89. The van der Waals surface area contributed by atoms with E-state index in [1.54, 1.807) is 18.2 Å². The molecule has 0 aliphatic carbocycles. The first-order chi connectivity index (χ1) is 7.22. The largest absolute Gasteiger partial charge is 0.465 e. The maximum absolute atomic E-state index is 11.6. The Balaban J connectivity index is 2.44. The van der Waals surface area contributed by atoms with E-state index in [4.69, 9.17) is 0 Å². The zero-order chi connectivity index (χ0) is 10.8. The molecular weight excluding hydrogens is 216 g/mol. The van der Waals surface area contributed by atoms with Gasteiger partial charge in [0.1, 0.15) is 11.0 Å². The van der Waals surface area contributed by atoms with Crippen molar-refractivity contribution in [2.45, 2.75) is 4.90 Å². The summed E-state index contributed by atoms with van der Waals surface area (Å²) in [4.78, 5) is 11.8. The summed E-state index contributed by atoms with van der Waals surface area (Å²) in [6, 6.07) is 4.93. The van der Waals surface area contributed by atoms with Gasteiger partial charge in [0.2, 0.25) is 0 Å². The molecule has 2 N–H and O–H groups in total. The Morgan fingerprint density at radius 2 is 2.33 bits per heavy atom. The molecule has 0 saturated heterocycles. The molecule has 0 aromatic heterocycles. The van der Waals surface area contributed by atoms with Crippen LogP contribution in [0.5, 0.6) is 0 Å². The minimum Gasteiger partial charge on any atom is -0.465 e. The van der Waals surface area contributed by atoms with Crippen molar-refractivity contribution in [3.63, 3.8) is 0 Å². The second-order valence-electron chi connectivity index (χ2n) is 2.97. The van der Waals surface area contributed by atoms with Crippen LogP contribution in [0.2, 0.25) is 0 Å². The van der Waals surface area contributed by atoms with Gasteiger partial charge in [0, 0.05) is 0 Å². The Kier molecular flexibility index (Phi) is 2.70. The summed E-state index contributed by atoms with van der Waals surface area (Å²) in [7, 11) is 0.0505. The lowest BCUT2D eigenvalue weighted by Crippen LogP contribution is -2.30. The van der Waals surface area contributed by atoms with E-state index in [0.717, 1.165) is 5.69 Å². The van der Waals surface area contributed by atoms with Crippen molar-refractivity contribution < 1.29 is 13.7 Å². The van der Waals surface area contributed by atoms with Crippen molar-refractivity contribution in [1.82, 2.24) is 4.72 Å². The average Bonchev–Trinajstić information content (AvgIpc) is 2.28. The molecule has 1 aromatic carbocycles. The first-order valence-electron chi connectivity index (χ1n) is 4.34. The molecule has 1 aliphatic rings. The second kappa shape index (κ2) is 4.00. The molecule has 80 valence electrons. The van der Waals surface area contributed by atoms with E-state index in [0.29, 0.717) is 17.1 Å². The SMILES string of the molecule is COC(=O)c1ccc2c(c1)S(=O)NCN2. The van der Waals surface area contributed by atoms with Crippen LogP contribution < -0.4 is 10.0 Å². The Morgan fingerprint density at radius 1 is 1.53 bits per heavy atom. The molecule has 0 amide bonds. The molecule has 0 bridgehead atoms. The van der Waals surface area contributed by atoms with Crippen molar-refractivity contribution in [2.75, 3.05) is 19.1 Å². The van der Waals surface area contributed by atoms with Gasteiger partial charge in [-0.3, -0.25) is 0 Å². The van der Waals surface area contributed by atoms with Gasteiger partial charge >= 0.3 is 5.97 Å². The van der Waals surface area contributed by atoms with Crippen LogP contribution in [-0.2, 0) is 15.7 Å². The number of fused-ring (bicyclic) bond motifs is 1. The first kappa shape index (κ1) is 10.1. The van der Waals surface area contributed by atoms with Crippen molar-refractivity contribution in [2.24, 2.45) is 0 Å². The van der Waals surface area contributed by atoms with Crippen LogP contribution in [0.1, 0.15) is 10.4 Å². The number of carbonyl (C=O) groups is 1. The van der Waals surface area contributed by atoms with Gasteiger partial charge in [-0.2, -0.15) is 0 Å². The number of ether oxygens (including phenoxy) is 1. The first-order valence-corrected chi connectivity index (χ1v) is 5.49. The maximum Gasteiger partial charge on any atom is 0.337 e. The predicted molar refractivity (Wildman–Crippen MR) is 55.8 cm³/mol. The molecule has 0 fully saturated rings. The summed E-state index contributed by atoms with van der Waals surface area (Å²) in [6.07, 6.45) is 0. The van der Waals surface area contributed by atoms with Gasteiger partial charge in [-0.05, 0) is 18.2 Å². The molecule has 1 aliphatic heterocycles. The predicted octanol–water partition coefficient (Wildman–Crippen LogP) is 0.468. The van der Waals surface area contributed by atoms with Gasteiger partial charge in [0.25, 0.3) is 0 Å². The number of anilines is 1. The van der Waals surface area contributed by atoms with Gasteiger partial charge in [-0.1, -0.05) is 0 Å². The maximum atomic E-state index is 11.6. The van der Waals surface area contributed by atoms with Crippen molar-refractivity contribution in [3.05, 3.63) is 23.8 Å². The Labute approximate surface area is 89.4 Å². The Hall–Kier alpha value is -1.40. The third-order valence-corrected chi connectivity index (χ3v) is 3.23. The average molecular weight is 226 g/mol. The van der Waals surface area contributed by atoms with Gasteiger partial charge in [0.15, 0.2) is 0 Å². The topological polar surface area (TPSA) is 67.4 Å². The molecule has 6 heteroatoms. The molecule has 0 radical (unpaired) electrons. The summed E-state index contributed by atoms with van der Waals surface area (Å²) >= 11 is 0. The lowest BCUT2D eigenvalue weighted by atomic mass is 10.2. The zero-order valence-electron chi connectivity index (χ0n) is 8.07. The van der Waals surface area contributed by atoms with E-state index in [9.17, 15) is 9.00 Å². The highest BCUT2D eigenvalue weighted by molar-refractivity contribution is 7.83. The van der Waals surface area contributed by atoms with E-state index in [-0.39, 0.29) is 0 Å². The van der Waals surface area contributed by atoms with Crippen LogP contribution in [0, 0.1) is 0 Å². The third kappa shape index (κ3) is 1.86. The minimum atomic E-state index is -1.26. The number of hydrogen-bond donors (Lipinski definition) is 2. The fourth-order valence-corrected chi connectivity index (χ4v) is 2.27. The van der Waals surface area contributed by atoms with E-state index in [2.05, 4.69) is 14.8 Å². The Bertz CT molecular complexity index is 433. The van der Waals surface area contributed by atoms with E-state index in [1.165, 1.54) is 7.11 Å². The van der Waals surface area contributed by atoms with Gasteiger partial charge in [-0.25, -0.2) is 13.7 Å². The molecule has 2 rings (SSSR count). The number of carbonyl (C=O) groups excluding carboxylic acids is 1. The summed E-state index contributed by atoms with van der Waals surface area (Å²) in [6.45, 7) is 0.456. The molecular formula is C9H10N2O3S. The molecule has 15 heavy (non-hydrogen) atoms. The van der Waals surface area contributed by atoms with Crippen LogP contribution in [0.4, 0.5) is 5.69 Å². The summed E-state index contributed by atoms with van der Waals surface area (Å²) in [5.41, 5.74) is 1.18. The third-order valence-electron chi connectivity index (χ3n) is 2.08. The second-order valence-corrected chi connectivity index (χ2v) is 4.24. The summed E-state index contributed by atoms with van der Waals surface area (Å²) < 4.78 is 18.9. The smallest absolute Gasteiger partial charge is 0.337 e. The van der Waals surface area contributed by atoms with Gasteiger partial charge in [-0.15, -0.1) is 0 Å². The van der Waals surface area contributed by atoms with Crippen LogP contribution in [-0.4, -0.2) is 24.0 Å². The molecule has 1 aromatic rings. The number of hydrogen-bond acceptors (Lipinski definition) is 4. The quantitative estimate of drug-likeness (QED) is 0.683. The normalized spacial score (nSPS) is 18.9. The number of nitrogens with one attached hydrogen (secondary N) is 2. The van der Waals surface area contributed by atoms with Gasteiger partial charge < -0.3 is 10.1 Å². The summed E-state index contributed by atoms with van der Waals surface area (Å²) in [5.74, 6) is -0.430.